The second-order valence-corrected chi connectivity index (χ2v) is 5.82. The summed E-state index contributed by atoms with van der Waals surface area (Å²) >= 11 is 0. The van der Waals surface area contributed by atoms with Gasteiger partial charge in [0.1, 0.15) is 12.1 Å². The molecule has 0 aromatic carbocycles. The third kappa shape index (κ3) is 9.43. The summed E-state index contributed by atoms with van der Waals surface area (Å²) in [5.74, 6) is -2.10. The van der Waals surface area contributed by atoms with E-state index in [1.807, 2.05) is 0 Å². The van der Waals surface area contributed by atoms with Crippen LogP contribution in [0.5, 0.6) is 0 Å². The Hall–Kier alpha value is -1.71. The van der Waals surface area contributed by atoms with Crippen molar-refractivity contribution < 1.29 is 19.5 Å². The van der Waals surface area contributed by atoms with Crippen molar-refractivity contribution in [2.75, 3.05) is 13.1 Å². The summed E-state index contributed by atoms with van der Waals surface area (Å²) in [5, 5.41) is 14.3. The molecule has 0 fully saturated rings. The minimum absolute atomic E-state index is 0.287. The van der Waals surface area contributed by atoms with Gasteiger partial charge in [-0.1, -0.05) is 0 Å². The maximum atomic E-state index is 12.4. The minimum atomic E-state index is -1.11. The first kappa shape index (κ1) is 22.3. The number of carboxylic acid groups (broad SMARTS) is 1. The predicted molar refractivity (Wildman–Crippen MR) is 91.0 cm³/mol. The summed E-state index contributed by atoms with van der Waals surface area (Å²) in [6.45, 7) is 2.45. The predicted octanol–water partition coefficient (Wildman–Crippen LogP) is -1.35. The van der Waals surface area contributed by atoms with E-state index in [1.54, 1.807) is 0 Å². The van der Waals surface area contributed by atoms with Gasteiger partial charge < -0.3 is 32.9 Å². The molecule has 9 nitrogen and oxygen atoms in total. The van der Waals surface area contributed by atoms with Gasteiger partial charge >= 0.3 is 5.97 Å². The topological polar surface area (TPSA) is 174 Å². The van der Waals surface area contributed by atoms with E-state index in [2.05, 4.69) is 10.6 Å². The van der Waals surface area contributed by atoms with E-state index in [0.717, 1.165) is 0 Å². The van der Waals surface area contributed by atoms with Gasteiger partial charge in [0, 0.05) is 0 Å². The molecule has 0 aliphatic heterocycles. The molecule has 0 saturated carbocycles. The molecule has 2 amide bonds. The quantitative estimate of drug-likeness (QED) is 0.224. The van der Waals surface area contributed by atoms with Crippen LogP contribution in [0.25, 0.3) is 0 Å². The molecule has 140 valence electrons. The number of hydrogen-bond acceptors (Lipinski definition) is 6. The highest BCUT2D eigenvalue weighted by Gasteiger charge is 2.26. The minimum Gasteiger partial charge on any atom is -0.480 e. The molecular formula is C15H31N5O4. The molecule has 9 N–H and O–H groups in total. The molecule has 0 aliphatic rings. The lowest BCUT2D eigenvalue weighted by atomic mass is 10.1. The number of carboxylic acids is 1. The Morgan fingerprint density at radius 3 is 1.75 bits per heavy atom. The molecule has 0 bridgehead atoms. The molecule has 3 atom stereocenters. The Morgan fingerprint density at radius 2 is 1.33 bits per heavy atom. The van der Waals surface area contributed by atoms with Crippen molar-refractivity contribution in [3.8, 4) is 0 Å². The summed E-state index contributed by atoms with van der Waals surface area (Å²) in [6.07, 6.45) is 3.28. The van der Waals surface area contributed by atoms with Crippen LogP contribution < -0.4 is 27.8 Å². The lowest BCUT2D eigenvalue weighted by Gasteiger charge is -2.22. The van der Waals surface area contributed by atoms with Gasteiger partial charge in [-0.3, -0.25) is 9.59 Å². The zero-order chi connectivity index (χ0) is 18.5. The van der Waals surface area contributed by atoms with Gasteiger partial charge in [0.2, 0.25) is 11.8 Å². The number of hydrogen-bond donors (Lipinski definition) is 6. The molecule has 0 rings (SSSR count). The molecule has 0 aliphatic carbocycles. The zero-order valence-electron chi connectivity index (χ0n) is 14.3. The normalized spacial score (nSPS) is 14.5. The Kier molecular flexibility index (Phi) is 11.8. The van der Waals surface area contributed by atoms with Crippen molar-refractivity contribution in [1.82, 2.24) is 10.6 Å². The third-order valence-electron chi connectivity index (χ3n) is 3.55. The van der Waals surface area contributed by atoms with Gasteiger partial charge in [-0.25, -0.2) is 4.79 Å². The molecule has 0 spiro atoms. The molecule has 3 unspecified atom stereocenters. The van der Waals surface area contributed by atoms with E-state index in [9.17, 15) is 19.5 Å². The fourth-order valence-corrected chi connectivity index (χ4v) is 2.09. The SMILES string of the molecule is CC(N)C(=O)NC(CCCCN)C(=O)NC(CCCCN)C(=O)O. The zero-order valence-corrected chi connectivity index (χ0v) is 14.3. The van der Waals surface area contributed by atoms with Crippen molar-refractivity contribution in [3.05, 3.63) is 0 Å². The molecule has 9 heteroatoms. The highest BCUT2D eigenvalue weighted by molar-refractivity contribution is 5.91. The van der Waals surface area contributed by atoms with Gasteiger partial charge in [0.05, 0.1) is 6.04 Å². The standard InChI is InChI=1S/C15H31N5O4/c1-10(18)13(21)19-11(6-2-4-8-16)14(22)20-12(15(23)24)7-3-5-9-17/h10-12H,2-9,16-18H2,1H3,(H,19,21)(H,20,22)(H,23,24). The first-order valence-electron chi connectivity index (χ1n) is 8.32. The number of nitrogens with one attached hydrogen (secondary N) is 2. The van der Waals surface area contributed by atoms with Gasteiger partial charge in [0.15, 0.2) is 0 Å². The number of unbranched alkanes of at least 4 members (excludes halogenated alkanes) is 2. The molecule has 0 aromatic heterocycles. The summed E-state index contributed by atoms with van der Waals surface area (Å²) < 4.78 is 0. The van der Waals surface area contributed by atoms with Gasteiger partial charge in [0.25, 0.3) is 0 Å². The molecule has 0 saturated heterocycles. The lowest BCUT2D eigenvalue weighted by molar-refractivity contribution is -0.142. The van der Waals surface area contributed by atoms with E-state index < -0.39 is 35.9 Å². The molecule has 0 heterocycles. The number of aliphatic carboxylic acids is 1. The van der Waals surface area contributed by atoms with Crippen LogP contribution in [0.2, 0.25) is 0 Å². The number of amides is 2. The summed E-state index contributed by atoms with van der Waals surface area (Å²) in [5.41, 5.74) is 16.3. The summed E-state index contributed by atoms with van der Waals surface area (Å²) in [4.78, 5) is 35.4. The first-order valence-corrected chi connectivity index (χ1v) is 8.32. The second kappa shape index (κ2) is 12.7. The molecule has 0 aromatic rings. The van der Waals surface area contributed by atoms with Crippen molar-refractivity contribution in [2.24, 2.45) is 17.2 Å². The number of rotatable bonds is 13. The molecule has 24 heavy (non-hydrogen) atoms. The molecular weight excluding hydrogens is 314 g/mol. The van der Waals surface area contributed by atoms with E-state index in [-0.39, 0.29) is 6.42 Å². The largest absolute Gasteiger partial charge is 0.480 e. The van der Waals surface area contributed by atoms with Gasteiger partial charge in [-0.2, -0.15) is 0 Å². The number of nitrogens with two attached hydrogens (primary N) is 3. The van der Waals surface area contributed by atoms with Gasteiger partial charge in [-0.15, -0.1) is 0 Å². The van der Waals surface area contributed by atoms with Crippen LogP contribution in [-0.4, -0.2) is 54.1 Å². The van der Waals surface area contributed by atoms with Crippen LogP contribution in [0, 0.1) is 0 Å². The third-order valence-corrected chi connectivity index (χ3v) is 3.55. The van der Waals surface area contributed by atoms with Crippen molar-refractivity contribution in [3.63, 3.8) is 0 Å². The van der Waals surface area contributed by atoms with Crippen molar-refractivity contribution >= 4 is 17.8 Å². The Balaban J connectivity index is 4.78. The Labute approximate surface area is 142 Å². The van der Waals surface area contributed by atoms with Crippen LogP contribution in [0.4, 0.5) is 0 Å². The van der Waals surface area contributed by atoms with Crippen molar-refractivity contribution in [2.45, 2.75) is 63.6 Å². The fraction of sp³-hybridized carbons (Fsp3) is 0.800. The highest BCUT2D eigenvalue weighted by atomic mass is 16.4. The van der Waals surface area contributed by atoms with E-state index in [1.165, 1.54) is 6.92 Å². The van der Waals surface area contributed by atoms with E-state index in [4.69, 9.17) is 17.2 Å². The Bertz CT molecular complexity index is 403. The fourth-order valence-electron chi connectivity index (χ4n) is 2.09. The van der Waals surface area contributed by atoms with Crippen LogP contribution >= 0.6 is 0 Å². The summed E-state index contributed by atoms with van der Waals surface area (Å²) in [7, 11) is 0. The number of carbonyl (C=O) groups is 3. The maximum absolute atomic E-state index is 12.4. The van der Waals surface area contributed by atoms with Crippen LogP contribution in [0.1, 0.15) is 45.4 Å². The monoisotopic (exact) mass is 345 g/mol. The second-order valence-electron chi connectivity index (χ2n) is 5.82. The Morgan fingerprint density at radius 1 is 0.875 bits per heavy atom. The summed E-state index contributed by atoms with van der Waals surface area (Å²) in [6, 6.07) is -2.59. The highest BCUT2D eigenvalue weighted by Crippen LogP contribution is 2.05. The average Bonchev–Trinajstić information content (AvgIpc) is 2.52. The van der Waals surface area contributed by atoms with Crippen LogP contribution in [0.15, 0.2) is 0 Å². The average molecular weight is 345 g/mol. The van der Waals surface area contributed by atoms with Gasteiger partial charge in [-0.05, 0) is 58.5 Å². The van der Waals surface area contributed by atoms with E-state index in [0.29, 0.717) is 45.2 Å². The number of carbonyl (C=O) groups excluding carboxylic acids is 2. The van der Waals surface area contributed by atoms with Crippen LogP contribution in [-0.2, 0) is 14.4 Å². The van der Waals surface area contributed by atoms with Crippen LogP contribution in [0.3, 0.4) is 0 Å². The maximum Gasteiger partial charge on any atom is 0.326 e. The first-order chi connectivity index (χ1) is 11.3. The lowest BCUT2D eigenvalue weighted by Crippen LogP contribution is -2.54. The molecule has 0 radical (unpaired) electrons. The smallest absolute Gasteiger partial charge is 0.326 e. The van der Waals surface area contributed by atoms with Crippen molar-refractivity contribution in [1.29, 1.82) is 0 Å². The van der Waals surface area contributed by atoms with E-state index >= 15 is 0 Å².